The molecule has 3 aromatic rings. The van der Waals surface area contributed by atoms with Gasteiger partial charge in [0.1, 0.15) is 5.65 Å². The van der Waals surface area contributed by atoms with Crippen LogP contribution in [-0.4, -0.2) is 25.3 Å². The molecule has 0 radical (unpaired) electrons. The molecule has 0 spiro atoms. The molecule has 6 nitrogen and oxygen atoms in total. The summed E-state index contributed by atoms with van der Waals surface area (Å²) in [6.07, 6.45) is 10.7. The SMILES string of the molecule is CCCCc1cnc(NC(=O)Cc2cn3cccc(C)c3n2)nc1. The van der Waals surface area contributed by atoms with Gasteiger partial charge in [0.25, 0.3) is 0 Å². The van der Waals surface area contributed by atoms with E-state index in [-0.39, 0.29) is 12.3 Å². The topological polar surface area (TPSA) is 72.2 Å². The fourth-order valence-corrected chi connectivity index (χ4v) is 2.55. The summed E-state index contributed by atoms with van der Waals surface area (Å²) in [5.41, 5.74) is 3.76. The number of nitrogens with zero attached hydrogens (tertiary/aromatic N) is 4. The van der Waals surface area contributed by atoms with Crippen molar-refractivity contribution in [1.29, 1.82) is 0 Å². The Labute approximate surface area is 141 Å². The molecule has 124 valence electrons. The Kier molecular flexibility index (Phi) is 4.84. The zero-order chi connectivity index (χ0) is 16.9. The predicted molar refractivity (Wildman–Crippen MR) is 92.9 cm³/mol. The molecule has 0 bridgehead atoms. The van der Waals surface area contributed by atoms with Crippen molar-refractivity contribution in [2.24, 2.45) is 0 Å². The van der Waals surface area contributed by atoms with E-state index in [0.29, 0.717) is 5.95 Å². The summed E-state index contributed by atoms with van der Waals surface area (Å²) in [4.78, 5) is 25.1. The van der Waals surface area contributed by atoms with Gasteiger partial charge in [-0.3, -0.25) is 10.1 Å². The zero-order valence-electron chi connectivity index (χ0n) is 14.0. The standard InChI is InChI=1S/C18H21N5O/c1-3-4-7-14-10-19-18(20-11-14)22-16(24)9-15-12-23-8-5-6-13(2)17(23)21-15/h5-6,8,10-12H,3-4,7,9H2,1-2H3,(H,19,20,22,24). The summed E-state index contributed by atoms with van der Waals surface area (Å²) in [6.45, 7) is 4.15. The number of amides is 1. The number of carbonyl (C=O) groups excluding carboxylic acids is 1. The van der Waals surface area contributed by atoms with Gasteiger partial charge in [0, 0.05) is 24.8 Å². The Morgan fingerprint density at radius 2 is 2.08 bits per heavy atom. The minimum Gasteiger partial charge on any atom is -0.307 e. The maximum atomic E-state index is 12.2. The first-order chi connectivity index (χ1) is 11.7. The Hall–Kier alpha value is -2.76. The molecule has 1 amide bonds. The lowest BCUT2D eigenvalue weighted by Gasteiger charge is -2.03. The Morgan fingerprint density at radius 3 is 2.79 bits per heavy atom. The van der Waals surface area contributed by atoms with E-state index in [1.54, 1.807) is 12.4 Å². The smallest absolute Gasteiger partial charge is 0.232 e. The number of rotatable bonds is 6. The second-order valence-corrected chi connectivity index (χ2v) is 5.90. The van der Waals surface area contributed by atoms with Crippen LogP contribution in [0.2, 0.25) is 0 Å². The molecule has 3 heterocycles. The van der Waals surface area contributed by atoms with Gasteiger partial charge in [0.15, 0.2) is 0 Å². The number of hydrogen-bond acceptors (Lipinski definition) is 4. The van der Waals surface area contributed by atoms with Gasteiger partial charge in [0.2, 0.25) is 11.9 Å². The average Bonchev–Trinajstić information content (AvgIpc) is 2.98. The van der Waals surface area contributed by atoms with Crippen molar-refractivity contribution in [3.05, 3.63) is 53.7 Å². The first-order valence-electron chi connectivity index (χ1n) is 8.19. The number of unbranched alkanes of at least 4 members (excludes halogenated alkanes) is 1. The lowest BCUT2D eigenvalue weighted by Crippen LogP contribution is -2.16. The third kappa shape index (κ3) is 3.76. The largest absolute Gasteiger partial charge is 0.307 e. The lowest BCUT2D eigenvalue weighted by molar-refractivity contribution is -0.115. The van der Waals surface area contributed by atoms with Crippen molar-refractivity contribution in [2.45, 2.75) is 39.5 Å². The summed E-state index contributed by atoms with van der Waals surface area (Å²) in [5.74, 6) is 0.164. The maximum absolute atomic E-state index is 12.2. The van der Waals surface area contributed by atoms with E-state index in [2.05, 4.69) is 27.2 Å². The van der Waals surface area contributed by atoms with E-state index in [0.717, 1.165) is 41.7 Å². The van der Waals surface area contributed by atoms with E-state index < -0.39 is 0 Å². The van der Waals surface area contributed by atoms with E-state index in [1.165, 1.54) is 0 Å². The quantitative estimate of drug-likeness (QED) is 0.757. The minimum absolute atomic E-state index is 0.169. The van der Waals surface area contributed by atoms with Gasteiger partial charge in [-0.05, 0) is 37.0 Å². The van der Waals surface area contributed by atoms with Crippen molar-refractivity contribution >= 4 is 17.5 Å². The van der Waals surface area contributed by atoms with Crippen molar-refractivity contribution in [2.75, 3.05) is 5.32 Å². The highest BCUT2D eigenvalue weighted by molar-refractivity contribution is 5.90. The number of aromatic nitrogens is 4. The van der Waals surface area contributed by atoms with E-state index in [9.17, 15) is 4.79 Å². The van der Waals surface area contributed by atoms with Crippen LogP contribution in [0, 0.1) is 6.92 Å². The Balaban J connectivity index is 1.63. The fraction of sp³-hybridized carbons (Fsp3) is 0.333. The van der Waals surface area contributed by atoms with Crippen LogP contribution in [0.25, 0.3) is 5.65 Å². The number of aryl methyl sites for hydroxylation is 2. The molecular weight excluding hydrogens is 302 g/mol. The summed E-state index contributed by atoms with van der Waals surface area (Å²) in [5, 5.41) is 2.72. The first-order valence-corrected chi connectivity index (χ1v) is 8.19. The molecule has 24 heavy (non-hydrogen) atoms. The molecule has 0 unspecified atom stereocenters. The van der Waals surface area contributed by atoms with Crippen LogP contribution in [-0.2, 0) is 17.6 Å². The number of nitrogens with one attached hydrogen (secondary N) is 1. The number of fused-ring (bicyclic) bond motifs is 1. The highest BCUT2D eigenvalue weighted by atomic mass is 16.1. The second-order valence-electron chi connectivity index (χ2n) is 5.90. The molecule has 1 N–H and O–H groups in total. The highest BCUT2D eigenvalue weighted by Crippen LogP contribution is 2.11. The van der Waals surface area contributed by atoms with Gasteiger partial charge in [-0.1, -0.05) is 19.4 Å². The molecule has 6 heteroatoms. The van der Waals surface area contributed by atoms with Gasteiger partial charge in [-0.25, -0.2) is 15.0 Å². The van der Waals surface area contributed by atoms with Crippen LogP contribution in [0.5, 0.6) is 0 Å². The van der Waals surface area contributed by atoms with Crippen molar-refractivity contribution < 1.29 is 4.79 Å². The van der Waals surface area contributed by atoms with Crippen molar-refractivity contribution in [3.63, 3.8) is 0 Å². The highest BCUT2D eigenvalue weighted by Gasteiger charge is 2.10. The summed E-state index contributed by atoms with van der Waals surface area (Å²) in [6, 6.07) is 3.96. The second kappa shape index (κ2) is 7.21. The number of hydrogen-bond donors (Lipinski definition) is 1. The third-order valence-corrected chi connectivity index (χ3v) is 3.85. The van der Waals surface area contributed by atoms with Crippen LogP contribution < -0.4 is 5.32 Å². The molecule has 0 fully saturated rings. The molecule has 0 aromatic carbocycles. The molecule has 0 saturated heterocycles. The molecule has 0 aliphatic rings. The molecule has 3 rings (SSSR count). The van der Waals surface area contributed by atoms with Gasteiger partial charge in [0.05, 0.1) is 12.1 Å². The van der Waals surface area contributed by atoms with E-state index in [4.69, 9.17) is 0 Å². The first kappa shape index (κ1) is 16.1. The van der Waals surface area contributed by atoms with Gasteiger partial charge >= 0.3 is 0 Å². The minimum atomic E-state index is -0.169. The van der Waals surface area contributed by atoms with Crippen LogP contribution in [0.1, 0.15) is 36.6 Å². The van der Waals surface area contributed by atoms with Crippen LogP contribution in [0.4, 0.5) is 5.95 Å². The molecule has 0 saturated carbocycles. The van der Waals surface area contributed by atoms with Crippen molar-refractivity contribution in [3.8, 4) is 0 Å². The number of pyridine rings is 1. The van der Waals surface area contributed by atoms with Crippen LogP contribution in [0.3, 0.4) is 0 Å². The normalized spacial score (nSPS) is 10.9. The zero-order valence-corrected chi connectivity index (χ0v) is 14.0. The molecule has 0 aliphatic heterocycles. The number of anilines is 1. The van der Waals surface area contributed by atoms with Crippen molar-refractivity contribution in [1.82, 2.24) is 19.4 Å². The van der Waals surface area contributed by atoms with Gasteiger partial charge in [-0.2, -0.15) is 0 Å². The average molecular weight is 323 g/mol. The molecule has 0 atom stereocenters. The molecule has 0 aliphatic carbocycles. The summed E-state index contributed by atoms with van der Waals surface area (Å²) in [7, 11) is 0. The third-order valence-electron chi connectivity index (χ3n) is 3.85. The lowest BCUT2D eigenvalue weighted by atomic mass is 10.2. The Morgan fingerprint density at radius 1 is 1.29 bits per heavy atom. The van der Waals surface area contributed by atoms with Gasteiger partial charge < -0.3 is 4.40 Å². The van der Waals surface area contributed by atoms with E-state index >= 15 is 0 Å². The fourth-order valence-electron chi connectivity index (χ4n) is 2.55. The monoisotopic (exact) mass is 323 g/mol. The number of imidazole rings is 1. The molecule has 3 aromatic heterocycles. The Bertz CT molecular complexity index is 838. The maximum Gasteiger partial charge on any atom is 0.232 e. The molecular formula is C18H21N5O. The summed E-state index contributed by atoms with van der Waals surface area (Å²) >= 11 is 0. The van der Waals surface area contributed by atoms with E-state index in [1.807, 2.05) is 35.9 Å². The summed E-state index contributed by atoms with van der Waals surface area (Å²) < 4.78 is 1.93. The van der Waals surface area contributed by atoms with Crippen LogP contribution in [0.15, 0.2) is 36.9 Å². The van der Waals surface area contributed by atoms with Gasteiger partial charge in [-0.15, -0.1) is 0 Å². The number of carbonyl (C=O) groups is 1. The predicted octanol–water partition coefficient (Wildman–Crippen LogP) is 2.96. The van der Waals surface area contributed by atoms with Crippen LogP contribution >= 0.6 is 0 Å².